The molecule has 0 unspecified atom stereocenters. The van der Waals surface area contributed by atoms with Gasteiger partial charge in [0.15, 0.2) is 5.65 Å². The van der Waals surface area contributed by atoms with Crippen molar-refractivity contribution >= 4 is 23.2 Å². The molecule has 1 aromatic carbocycles. The van der Waals surface area contributed by atoms with Crippen LogP contribution < -0.4 is 0 Å². The Morgan fingerprint density at radius 3 is 2.95 bits per heavy atom. The average molecular weight is 298 g/mol. The van der Waals surface area contributed by atoms with Crippen LogP contribution in [0.2, 0.25) is 5.02 Å². The van der Waals surface area contributed by atoms with E-state index in [2.05, 4.69) is 21.9 Å². The first-order chi connectivity index (χ1) is 10.1. The summed E-state index contributed by atoms with van der Waals surface area (Å²) in [6.07, 6.45) is 5.01. The number of carbonyl (C=O) groups is 1. The molecule has 2 heterocycles. The van der Waals surface area contributed by atoms with E-state index in [0.29, 0.717) is 16.1 Å². The summed E-state index contributed by atoms with van der Waals surface area (Å²) in [7, 11) is 0. The molecule has 0 radical (unpaired) electrons. The Balaban J connectivity index is 1.99. The summed E-state index contributed by atoms with van der Waals surface area (Å²) in [6, 6.07) is 6.18. The molecule has 0 aliphatic rings. The van der Waals surface area contributed by atoms with Gasteiger partial charge in [-0.25, -0.2) is 14.3 Å². The summed E-state index contributed by atoms with van der Waals surface area (Å²) < 4.78 is 1.61. The van der Waals surface area contributed by atoms with Crippen LogP contribution in [0.1, 0.15) is 21.5 Å². The molecule has 0 bridgehead atoms. The Kier molecular flexibility index (Phi) is 3.30. The zero-order valence-electron chi connectivity index (χ0n) is 10.6. The van der Waals surface area contributed by atoms with Gasteiger partial charge < -0.3 is 5.11 Å². The van der Waals surface area contributed by atoms with Gasteiger partial charge >= 0.3 is 5.97 Å². The Bertz CT molecular complexity index is 906. The number of aromatic nitrogens is 3. The number of hydrogen-bond acceptors (Lipinski definition) is 3. The van der Waals surface area contributed by atoms with E-state index in [1.807, 2.05) is 0 Å². The third-order valence-electron chi connectivity index (χ3n) is 2.80. The molecule has 0 aliphatic heterocycles. The number of rotatable bonds is 1. The van der Waals surface area contributed by atoms with Crippen LogP contribution in [0.15, 0.2) is 42.9 Å². The summed E-state index contributed by atoms with van der Waals surface area (Å²) in [4.78, 5) is 15.1. The monoisotopic (exact) mass is 297 g/mol. The molecule has 3 rings (SSSR count). The second-order valence-corrected chi connectivity index (χ2v) is 4.63. The zero-order chi connectivity index (χ0) is 14.8. The van der Waals surface area contributed by atoms with E-state index in [4.69, 9.17) is 16.7 Å². The van der Waals surface area contributed by atoms with E-state index in [9.17, 15) is 4.79 Å². The maximum atomic E-state index is 10.9. The predicted molar refractivity (Wildman–Crippen MR) is 77.4 cm³/mol. The fourth-order valence-electron chi connectivity index (χ4n) is 1.77. The molecule has 0 saturated heterocycles. The Morgan fingerprint density at radius 1 is 1.29 bits per heavy atom. The minimum absolute atomic E-state index is 0.143. The molecule has 5 nitrogen and oxygen atoms in total. The van der Waals surface area contributed by atoms with Crippen molar-refractivity contribution in [3.8, 4) is 11.8 Å². The van der Waals surface area contributed by atoms with Gasteiger partial charge in [-0.1, -0.05) is 23.4 Å². The smallest absolute Gasteiger partial charge is 0.335 e. The standard InChI is InChI=1S/C15H8ClN3O2/c16-13-4-3-12(15(20)21)7-11(13)2-1-10-8-17-14-5-6-18-19(14)9-10/h3-9H,(H,20,21). The number of hydrogen-bond donors (Lipinski definition) is 1. The molecule has 0 aliphatic carbocycles. The number of nitrogens with zero attached hydrogens (tertiary/aromatic N) is 3. The summed E-state index contributed by atoms with van der Waals surface area (Å²) >= 11 is 6.02. The number of carboxylic acid groups (broad SMARTS) is 1. The Morgan fingerprint density at radius 2 is 2.14 bits per heavy atom. The van der Waals surface area contributed by atoms with Crippen molar-refractivity contribution in [2.75, 3.05) is 0 Å². The molecule has 0 fully saturated rings. The first kappa shape index (κ1) is 13.2. The second kappa shape index (κ2) is 5.27. The Labute approximate surface area is 124 Å². The molecule has 0 atom stereocenters. The summed E-state index contributed by atoms with van der Waals surface area (Å²) in [5.74, 6) is 4.74. The molecule has 0 spiro atoms. The van der Waals surface area contributed by atoms with Crippen molar-refractivity contribution in [3.05, 3.63) is 64.6 Å². The second-order valence-electron chi connectivity index (χ2n) is 4.23. The van der Waals surface area contributed by atoms with Crippen molar-refractivity contribution < 1.29 is 9.90 Å². The van der Waals surface area contributed by atoms with E-state index in [-0.39, 0.29) is 5.56 Å². The molecule has 0 saturated carbocycles. The van der Waals surface area contributed by atoms with Gasteiger partial charge in [0.2, 0.25) is 0 Å². The van der Waals surface area contributed by atoms with Gasteiger partial charge in [-0.05, 0) is 18.2 Å². The summed E-state index contributed by atoms with van der Waals surface area (Å²) in [5.41, 5.74) is 1.98. The fraction of sp³-hybridized carbons (Fsp3) is 0. The molecule has 2 aromatic heterocycles. The zero-order valence-corrected chi connectivity index (χ0v) is 11.4. The van der Waals surface area contributed by atoms with E-state index < -0.39 is 5.97 Å². The third-order valence-corrected chi connectivity index (χ3v) is 3.13. The maximum Gasteiger partial charge on any atom is 0.335 e. The average Bonchev–Trinajstić information content (AvgIpc) is 2.93. The van der Waals surface area contributed by atoms with E-state index in [0.717, 1.165) is 5.65 Å². The third kappa shape index (κ3) is 2.71. The van der Waals surface area contributed by atoms with Crippen LogP contribution in [0.5, 0.6) is 0 Å². The number of halogens is 1. The van der Waals surface area contributed by atoms with Crippen LogP contribution in [0.3, 0.4) is 0 Å². The van der Waals surface area contributed by atoms with Gasteiger partial charge in [-0.15, -0.1) is 0 Å². The van der Waals surface area contributed by atoms with E-state index >= 15 is 0 Å². The lowest BCUT2D eigenvalue weighted by Crippen LogP contribution is -1.96. The van der Waals surface area contributed by atoms with Crippen LogP contribution in [0, 0.1) is 11.8 Å². The number of carboxylic acids is 1. The molecule has 1 N–H and O–H groups in total. The van der Waals surface area contributed by atoms with Crippen LogP contribution in [-0.4, -0.2) is 25.7 Å². The predicted octanol–water partition coefficient (Wildman–Crippen LogP) is 2.48. The summed E-state index contributed by atoms with van der Waals surface area (Å²) in [6.45, 7) is 0. The van der Waals surface area contributed by atoms with Crippen molar-refractivity contribution in [1.82, 2.24) is 14.6 Å². The normalized spacial score (nSPS) is 10.1. The van der Waals surface area contributed by atoms with Gasteiger partial charge in [0.25, 0.3) is 0 Å². The number of benzene rings is 1. The van der Waals surface area contributed by atoms with Crippen LogP contribution >= 0.6 is 11.6 Å². The number of aromatic carboxylic acids is 1. The molecule has 0 amide bonds. The quantitative estimate of drug-likeness (QED) is 0.701. The molecule has 21 heavy (non-hydrogen) atoms. The SMILES string of the molecule is O=C(O)c1ccc(Cl)c(C#Cc2cnc3ccnn3c2)c1. The largest absolute Gasteiger partial charge is 0.478 e. The van der Waals surface area contributed by atoms with Gasteiger partial charge in [-0.3, -0.25) is 0 Å². The molecular weight excluding hydrogens is 290 g/mol. The first-order valence-electron chi connectivity index (χ1n) is 5.98. The van der Waals surface area contributed by atoms with Crippen LogP contribution in [-0.2, 0) is 0 Å². The van der Waals surface area contributed by atoms with E-state index in [1.165, 1.54) is 18.2 Å². The fourth-order valence-corrected chi connectivity index (χ4v) is 1.93. The van der Waals surface area contributed by atoms with E-state index in [1.54, 1.807) is 29.2 Å². The molecule has 6 heteroatoms. The minimum atomic E-state index is -1.02. The molecule has 3 aromatic rings. The Hall–Kier alpha value is -2.84. The molecule has 102 valence electrons. The van der Waals surface area contributed by atoms with Crippen LogP contribution in [0.25, 0.3) is 5.65 Å². The van der Waals surface area contributed by atoms with Gasteiger partial charge in [0.05, 0.1) is 22.3 Å². The lowest BCUT2D eigenvalue weighted by molar-refractivity contribution is 0.0697. The summed E-state index contributed by atoms with van der Waals surface area (Å²) in [5, 5.41) is 13.4. The highest BCUT2D eigenvalue weighted by Gasteiger charge is 2.05. The minimum Gasteiger partial charge on any atom is -0.478 e. The number of fused-ring (bicyclic) bond motifs is 1. The molecular formula is C15H8ClN3O2. The maximum absolute atomic E-state index is 10.9. The van der Waals surface area contributed by atoms with Crippen molar-refractivity contribution in [2.45, 2.75) is 0 Å². The van der Waals surface area contributed by atoms with Gasteiger partial charge in [0.1, 0.15) is 0 Å². The lowest BCUT2D eigenvalue weighted by Gasteiger charge is -1.98. The van der Waals surface area contributed by atoms with Gasteiger partial charge in [-0.2, -0.15) is 5.10 Å². The van der Waals surface area contributed by atoms with Crippen LogP contribution in [0.4, 0.5) is 0 Å². The van der Waals surface area contributed by atoms with Crippen molar-refractivity contribution in [2.24, 2.45) is 0 Å². The highest BCUT2D eigenvalue weighted by molar-refractivity contribution is 6.31. The lowest BCUT2D eigenvalue weighted by atomic mass is 10.1. The highest BCUT2D eigenvalue weighted by atomic mass is 35.5. The topological polar surface area (TPSA) is 67.5 Å². The van der Waals surface area contributed by atoms with Crippen molar-refractivity contribution in [3.63, 3.8) is 0 Å². The first-order valence-corrected chi connectivity index (χ1v) is 6.35. The highest BCUT2D eigenvalue weighted by Crippen LogP contribution is 2.17. The van der Waals surface area contributed by atoms with Crippen molar-refractivity contribution in [1.29, 1.82) is 0 Å². The van der Waals surface area contributed by atoms with Gasteiger partial charge in [0, 0.05) is 24.0 Å².